The Balaban J connectivity index is 0. The van der Waals surface area contributed by atoms with Crippen LogP contribution in [-0.4, -0.2) is 67.3 Å². The van der Waals surface area contributed by atoms with Crippen molar-refractivity contribution >= 4 is 0 Å². The Hall–Kier alpha value is 1.40. The third-order valence-corrected chi connectivity index (χ3v) is 2.10. The topological polar surface area (TPSA) is 121 Å². The van der Waals surface area contributed by atoms with Crippen molar-refractivity contribution < 1.29 is 83.5 Å². The Labute approximate surface area is 119 Å². The molecular formula is C6H13KO6. The summed E-state index contributed by atoms with van der Waals surface area (Å²) in [7, 11) is 0. The summed E-state index contributed by atoms with van der Waals surface area (Å²) in [5.41, 5.74) is 0. The second kappa shape index (κ2) is 5.47. The molecule has 1 rings (SSSR count). The molecule has 0 radical (unpaired) electrons. The molecule has 1 saturated carbocycles. The average molecular weight is 220 g/mol. The van der Waals surface area contributed by atoms with Crippen LogP contribution in [0.3, 0.4) is 0 Å². The van der Waals surface area contributed by atoms with Gasteiger partial charge in [0.15, 0.2) is 0 Å². The average Bonchev–Trinajstić information content (AvgIpc) is 2.08. The Bertz CT molecular complexity index is 114. The van der Waals surface area contributed by atoms with Crippen LogP contribution in [0.4, 0.5) is 0 Å². The molecular weight excluding hydrogens is 207 g/mol. The van der Waals surface area contributed by atoms with E-state index < -0.39 is 36.6 Å². The van der Waals surface area contributed by atoms with Gasteiger partial charge in [-0.1, -0.05) is 0 Å². The van der Waals surface area contributed by atoms with Gasteiger partial charge in [-0.05, 0) is 0 Å². The largest absolute Gasteiger partial charge is 1.00 e. The van der Waals surface area contributed by atoms with Crippen LogP contribution in [0.25, 0.3) is 0 Å². The van der Waals surface area contributed by atoms with Crippen LogP contribution in [-0.2, 0) is 0 Å². The van der Waals surface area contributed by atoms with E-state index in [2.05, 4.69) is 0 Å². The van der Waals surface area contributed by atoms with Gasteiger partial charge in [-0.25, -0.2) is 0 Å². The van der Waals surface area contributed by atoms with Gasteiger partial charge in [-0.15, -0.1) is 0 Å². The molecule has 0 amide bonds. The van der Waals surface area contributed by atoms with E-state index in [0.29, 0.717) is 0 Å². The van der Waals surface area contributed by atoms with Gasteiger partial charge in [0, 0.05) is 0 Å². The molecule has 0 aromatic rings. The zero-order chi connectivity index (χ0) is 9.46. The number of rotatable bonds is 0. The molecule has 0 aromatic carbocycles. The number of aliphatic hydroxyl groups excluding tert-OH is 6. The first kappa shape index (κ1) is 14.4. The fourth-order valence-corrected chi connectivity index (χ4v) is 1.21. The minimum atomic E-state index is -1.64. The molecule has 13 heavy (non-hydrogen) atoms. The quantitative estimate of drug-likeness (QED) is 0.226. The van der Waals surface area contributed by atoms with Crippen LogP contribution >= 0.6 is 0 Å². The summed E-state index contributed by atoms with van der Waals surface area (Å²) in [6.45, 7) is 0. The van der Waals surface area contributed by atoms with E-state index in [9.17, 15) is 0 Å². The zero-order valence-corrected chi connectivity index (χ0v) is 10.3. The van der Waals surface area contributed by atoms with Gasteiger partial charge in [0.2, 0.25) is 0 Å². The summed E-state index contributed by atoms with van der Waals surface area (Å²) < 4.78 is 0. The van der Waals surface area contributed by atoms with Gasteiger partial charge >= 0.3 is 51.4 Å². The SMILES string of the molecule is OC1C(O)C(O)C(O)C(O)C1O.[H-].[K+]. The molecule has 0 bridgehead atoms. The third-order valence-electron chi connectivity index (χ3n) is 2.10. The fourth-order valence-electron chi connectivity index (χ4n) is 1.21. The number of aliphatic hydroxyl groups is 6. The molecule has 1 fully saturated rings. The van der Waals surface area contributed by atoms with Crippen molar-refractivity contribution in [1.29, 1.82) is 0 Å². The molecule has 0 saturated heterocycles. The van der Waals surface area contributed by atoms with Crippen molar-refractivity contribution in [3.05, 3.63) is 0 Å². The summed E-state index contributed by atoms with van der Waals surface area (Å²) in [5, 5.41) is 53.8. The van der Waals surface area contributed by atoms with Crippen molar-refractivity contribution in [2.24, 2.45) is 0 Å². The molecule has 1 aliphatic carbocycles. The Morgan fingerprint density at radius 3 is 0.615 bits per heavy atom. The second-order valence-corrected chi connectivity index (χ2v) is 2.94. The second-order valence-electron chi connectivity index (χ2n) is 2.94. The van der Waals surface area contributed by atoms with Crippen molar-refractivity contribution in [2.75, 3.05) is 0 Å². The van der Waals surface area contributed by atoms with E-state index in [4.69, 9.17) is 30.6 Å². The van der Waals surface area contributed by atoms with Crippen molar-refractivity contribution in [3.63, 3.8) is 0 Å². The van der Waals surface area contributed by atoms with E-state index in [-0.39, 0.29) is 52.8 Å². The molecule has 7 heteroatoms. The molecule has 0 spiro atoms. The normalized spacial score (nSPS) is 51.2. The van der Waals surface area contributed by atoms with Gasteiger partial charge in [-0.2, -0.15) is 0 Å². The van der Waals surface area contributed by atoms with Crippen LogP contribution in [0.15, 0.2) is 0 Å². The maximum Gasteiger partial charge on any atom is 1.00 e. The van der Waals surface area contributed by atoms with Gasteiger partial charge in [-0.3, -0.25) is 0 Å². The van der Waals surface area contributed by atoms with Gasteiger partial charge < -0.3 is 32.1 Å². The maximum atomic E-state index is 8.97. The van der Waals surface area contributed by atoms with E-state index in [1.54, 1.807) is 0 Å². The minimum Gasteiger partial charge on any atom is -1.00 e. The predicted octanol–water partition coefficient (Wildman–Crippen LogP) is -6.72. The third kappa shape index (κ3) is 2.70. The van der Waals surface area contributed by atoms with Crippen LogP contribution in [0.5, 0.6) is 0 Å². The minimum absolute atomic E-state index is 0. The van der Waals surface area contributed by atoms with E-state index in [0.717, 1.165) is 0 Å². The molecule has 1 aliphatic rings. The van der Waals surface area contributed by atoms with E-state index in [1.165, 1.54) is 0 Å². The maximum absolute atomic E-state index is 8.97. The van der Waals surface area contributed by atoms with Crippen LogP contribution < -0.4 is 51.4 Å². The Morgan fingerprint density at radius 2 is 0.538 bits per heavy atom. The molecule has 0 aromatic heterocycles. The summed E-state index contributed by atoms with van der Waals surface area (Å²) in [6.07, 6.45) is -9.84. The van der Waals surface area contributed by atoms with Crippen molar-refractivity contribution in [3.8, 4) is 0 Å². The van der Waals surface area contributed by atoms with Crippen LogP contribution in [0.2, 0.25) is 0 Å². The van der Waals surface area contributed by atoms with Gasteiger partial charge in [0.25, 0.3) is 0 Å². The van der Waals surface area contributed by atoms with Crippen molar-refractivity contribution in [2.45, 2.75) is 36.6 Å². The summed E-state index contributed by atoms with van der Waals surface area (Å²) in [6, 6.07) is 0. The standard InChI is InChI=1S/C6H12O6.K.H/c7-1-2(8)4(10)6(12)5(11)3(1)9;;/h1-12H;;/q;+1;-1. The zero-order valence-electron chi connectivity index (χ0n) is 8.15. The predicted molar refractivity (Wildman–Crippen MR) is 37.2 cm³/mol. The van der Waals surface area contributed by atoms with Crippen LogP contribution in [0.1, 0.15) is 1.43 Å². The fraction of sp³-hybridized carbons (Fsp3) is 1.00. The molecule has 0 unspecified atom stereocenters. The van der Waals surface area contributed by atoms with Crippen LogP contribution in [0, 0.1) is 0 Å². The molecule has 6 N–H and O–H groups in total. The smallest absolute Gasteiger partial charge is 1.00 e. The summed E-state index contributed by atoms with van der Waals surface area (Å²) >= 11 is 0. The Kier molecular flexibility index (Phi) is 6.06. The first-order valence-electron chi connectivity index (χ1n) is 3.55. The molecule has 0 atom stereocenters. The summed E-state index contributed by atoms with van der Waals surface area (Å²) in [5.74, 6) is 0. The number of hydrogen-bond donors (Lipinski definition) is 6. The first-order valence-corrected chi connectivity index (χ1v) is 3.55. The van der Waals surface area contributed by atoms with Gasteiger partial charge in [0.1, 0.15) is 36.6 Å². The first-order chi connectivity index (χ1) is 5.46. The van der Waals surface area contributed by atoms with E-state index >= 15 is 0 Å². The van der Waals surface area contributed by atoms with Crippen molar-refractivity contribution in [1.82, 2.24) is 0 Å². The molecule has 0 heterocycles. The number of hydrogen-bond acceptors (Lipinski definition) is 6. The molecule has 6 nitrogen and oxygen atoms in total. The van der Waals surface area contributed by atoms with E-state index in [1.807, 2.05) is 0 Å². The Morgan fingerprint density at radius 1 is 0.462 bits per heavy atom. The summed E-state index contributed by atoms with van der Waals surface area (Å²) in [4.78, 5) is 0. The molecule has 0 aliphatic heterocycles. The monoisotopic (exact) mass is 220 g/mol. The molecule has 74 valence electrons. The van der Waals surface area contributed by atoms with Gasteiger partial charge in [0.05, 0.1) is 0 Å².